The van der Waals surface area contributed by atoms with Crippen LogP contribution in [0.2, 0.25) is 5.15 Å². The van der Waals surface area contributed by atoms with Gasteiger partial charge in [0, 0.05) is 11.3 Å². The summed E-state index contributed by atoms with van der Waals surface area (Å²) in [6.07, 6.45) is -7.30. The van der Waals surface area contributed by atoms with E-state index in [9.17, 15) is 13.2 Å². The molecule has 0 fully saturated rings. The molecular formula is C8H7ClF3NO. The molecular weight excluding hydrogens is 219 g/mol. The number of halogens is 4. The monoisotopic (exact) mass is 225 g/mol. The van der Waals surface area contributed by atoms with Crippen LogP contribution in [0.1, 0.15) is 17.4 Å². The predicted octanol–water partition coefficient (Wildman–Crippen LogP) is 2.64. The molecule has 0 saturated carbocycles. The van der Waals surface area contributed by atoms with Gasteiger partial charge in [-0.25, -0.2) is 4.98 Å². The van der Waals surface area contributed by atoms with Crippen LogP contribution in [0.4, 0.5) is 13.2 Å². The van der Waals surface area contributed by atoms with E-state index in [4.69, 9.17) is 16.7 Å². The van der Waals surface area contributed by atoms with E-state index in [1.54, 1.807) is 6.92 Å². The average molecular weight is 226 g/mol. The Balaban J connectivity index is 3.08. The molecule has 6 heteroatoms. The molecule has 0 aliphatic rings. The van der Waals surface area contributed by atoms with Crippen molar-refractivity contribution < 1.29 is 18.3 Å². The maximum Gasteiger partial charge on any atom is 0.418 e. The molecule has 1 N–H and O–H groups in total. The fourth-order valence-electron chi connectivity index (χ4n) is 0.916. The molecule has 0 aliphatic heterocycles. The van der Waals surface area contributed by atoms with Crippen molar-refractivity contribution in [3.63, 3.8) is 0 Å². The molecule has 1 aromatic heterocycles. The smallest absolute Gasteiger partial charge is 0.379 e. The highest BCUT2D eigenvalue weighted by Crippen LogP contribution is 2.35. The van der Waals surface area contributed by atoms with Crippen molar-refractivity contribution in [2.45, 2.75) is 19.2 Å². The lowest BCUT2D eigenvalue weighted by atomic mass is 10.1. The van der Waals surface area contributed by atoms with Gasteiger partial charge in [-0.1, -0.05) is 17.7 Å². The second-order valence-electron chi connectivity index (χ2n) is 2.78. The topological polar surface area (TPSA) is 33.1 Å². The zero-order chi connectivity index (χ0) is 10.9. The fraction of sp³-hybridized carbons (Fsp3) is 0.375. The van der Waals surface area contributed by atoms with Crippen LogP contribution in [0.15, 0.2) is 12.1 Å². The minimum atomic E-state index is -4.72. The standard InChI is InChI=1S/C8H7ClF3NO/c1-4-2-3-5(7(9)13-4)6(14)8(10,11)12/h2-3,6,14H,1H3/t6-/m0/s1. The summed E-state index contributed by atoms with van der Waals surface area (Å²) in [6, 6.07) is 2.47. The molecule has 0 spiro atoms. The van der Waals surface area contributed by atoms with Crippen LogP contribution in [0, 0.1) is 6.92 Å². The first kappa shape index (κ1) is 11.3. The highest BCUT2D eigenvalue weighted by molar-refractivity contribution is 6.30. The van der Waals surface area contributed by atoms with E-state index in [0.717, 1.165) is 6.07 Å². The minimum Gasteiger partial charge on any atom is -0.379 e. The van der Waals surface area contributed by atoms with Crippen molar-refractivity contribution in [2.75, 3.05) is 0 Å². The number of aliphatic hydroxyl groups excluding tert-OH is 1. The number of aromatic nitrogens is 1. The Bertz CT molecular complexity index is 340. The lowest BCUT2D eigenvalue weighted by Gasteiger charge is -2.15. The van der Waals surface area contributed by atoms with Crippen molar-refractivity contribution in [3.8, 4) is 0 Å². The molecule has 78 valence electrons. The summed E-state index contributed by atoms with van der Waals surface area (Å²) in [5.41, 5.74) is 0.0675. The number of nitrogens with zero attached hydrogens (tertiary/aromatic N) is 1. The van der Waals surface area contributed by atoms with Gasteiger partial charge < -0.3 is 5.11 Å². The van der Waals surface area contributed by atoms with Gasteiger partial charge in [-0.05, 0) is 13.0 Å². The van der Waals surface area contributed by atoms with Gasteiger partial charge in [0.2, 0.25) is 0 Å². The molecule has 1 atom stereocenters. The molecule has 14 heavy (non-hydrogen) atoms. The van der Waals surface area contributed by atoms with Crippen molar-refractivity contribution in [2.24, 2.45) is 0 Å². The van der Waals surface area contributed by atoms with E-state index in [0.29, 0.717) is 5.69 Å². The van der Waals surface area contributed by atoms with Gasteiger partial charge in [-0.2, -0.15) is 13.2 Å². The number of pyridine rings is 1. The van der Waals surface area contributed by atoms with Gasteiger partial charge >= 0.3 is 6.18 Å². The Kier molecular flexibility index (Phi) is 3.01. The minimum absolute atomic E-state index is 0.324. The average Bonchev–Trinajstić information content (AvgIpc) is 2.01. The molecule has 1 rings (SSSR count). The maximum absolute atomic E-state index is 12.1. The second kappa shape index (κ2) is 3.74. The second-order valence-corrected chi connectivity index (χ2v) is 3.13. The Morgan fingerprint density at radius 1 is 1.43 bits per heavy atom. The molecule has 0 radical (unpaired) electrons. The highest BCUT2D eigenvalue weighted by Gasteiger charge is 2.40. The van der Waals surface area contributed by atoms with Crippen LogP contribution in [0.5, 0.6) is 0 Å². The Hall–Kier alpha value is -0.810. The number of hydrogen-bond acceptors (Lipinski definition) is 2. The van der Waals surface area contributed by atoms with Crippen molar-refractivity contribution in [1.82, 2.24) is 4.98 Å². The molecule has 1 heterocycles. The number of hydrogen-bond donors (Lipinski definition) is 1. The summed E-state index contributed by atoms with van der Waals surface area (Å²) < 4.78 is 36.2. The van der Waals surface area contributed by atoms with E-state index < -0.39 is 17.8 Å². The summed E-state index contributed by atoms with van der Waals surface area (Å²) in [7, 11) is 0. The van der Waals surface area contributed by atoms with Crippen LogP contribution >= 0.6 is 11.6 Å². The number of alkyl halides is 3. The van der Waals surface area contributed by atoms with E-state index in [2.05, 4.69) is 4.98 Å². The summed E-state index contributed by atoms with van der Waals surface area (Å²) in [4.78, 5) is 3.61. The number of rotatable bonds is 1. The zero-order valence-corrected chi connectivity index (χ0v) is 7.89. The molecule has 0 amide bonds. The first-order valence-corrected chi connectivity index (χ1v) is 4.08. The number of aryl methyl sites for hydroxylation is 1. The van der Waals surface area contributed by atoms with Gasteiger partial charge in [0.05, 0.1) is 0 Å². The van der Waals surface area contributed by atoms with Gasteiger partial charge in [0.15, 0.2) is 6.10 Å². The summed E-state index contributed by atoms with van der Waals surface area (Å²) in [5, 5.41) is 8.56. The largest absolute Gasteiger partial charge is 0.418 e. The van der Waals surface area contributed by atoms with Crippen molar-refractivity contribution in [1.29, 1.82) is 0 Å². The van der Waals surface area contributed by atoms with Gasteiger partial charge in [-0.15, -0.1) is 0 Å². The van der Waals surface area contributed by atoms with Gasteiger partial charge in [0.25, 0.3) is 0 Å². The summed E-state index contributed by atoms with van der Waals surface area (Å²) >= 11 is 5.46. The molecule has 2 nitrogen and oxygen atoms in total. The Morgan fingerprint density at radius 3 is 2.43 bits per heavy atom. The fourth-order valence-corrected chi connectivity index (χ4v) is 1.22. The SMILES string of the molecule is Cc1ccc([C@H](O)C(F)(F)F)c(Cl)n1. The normalized spacial score (nSPS) is 14.1. The Labute approximate surface area is 83.3 Å². The van der Waals surface area contributed by atoms with E-state index in [1.807, 2.05) is 0 Å². The molecule has 1 aromatic rings. The molecule has 0 aliphatic carbocycles. The lowest BCUT2D eigenvalue weighted by Crippen LogP contribution is -2.20. The van der Waals surface area contributed by atoms with Crippen molar-refractivity contribution >= 4 is 11.6 Å². The van der Waals surface area contributed by atoms with E-state index in [1.165, 1.54) is 6.07 Å². The van der Waals surface area contributed by atoms with E-state index >= 15 is 0 Å². The lowest BCUT2D eigenvalue weighted by molar-refractivity contribution is -0.206. The maximum atomic E-state index is 12.1. The first-order chi connectivity index (χ1) is 6.32. The third-order valence-corrected chi connectivity index (χ3v) is 1.92. The van der Waals surface area contributed by atoms with Crippen LogP contribution in [0.25, 0.3) is 0 Å². The van der Waals surface area contributed by atoms with Crippen LogP contribution in [0.3, 0.4) is 0 Å². The molecule has 0 aromatic carbocycles. The molecule has 0 unspecified atom stereocenters. The summed E-state index contributed by atoms with van der Waals surface area (Å²) in [6.45, 7) is 1.59. The zero-order valence-electron chi connectivity index (χ0n) is 7.14. The number of aliphatic hydroxyl groups is 1. The quantitative estimate of drug-likeness (QED) is 0.746. The van der Waals surface area contributed by atoms with Crippen LogP contribution in [-0.2, 0) is 0 Å². The third-order valence-electron chi connectivity index (χ3n) is 1.62. The Morgan fingerprint density at radius 2 is 2.00 bits per heavy atom. The molecule has 0 saturated heterocycles. The van der Waals surface area contributed by atoms with Gasteiger partial charge in [0.1, 0.15) is 5.15 Å². The highest BCUT2D eigenvalue weighted by atomic mass is 35.5. The van der Waals surface area contributed by atoms with Gasteiger partial charge in [-0.3, -0.25) is 0 Å². The molecule has 0 bridgehead atoms. The van der Waals surface area contributed by atoms with E-state index in [-0.39, 0.29) is 5.15 Å². The van der Waals surface area contributed by atoms with Crippen LogP contribution < -0.4 is 0 Å². The first-order valence-electron chi connectivity index (χ1n) is 3.70. The summed E-state index contributed by atoms with van der Waals surface area (Å²) in [5.74, 6) is 0. The van der Waals surface area contributed by atoms with Crippen LogP contribution in [-0.4, -0.2) is 16.3 Å². The predicted molar refractivity (Wildman–Crippen MR) is 45.0 cm³/mol. The third kappa shape index (κ3) is 2.36. The van der Waals surface area contributed by atoms with Crippen molar-refractivity contribution in [3.05, 3.63) is 28.5 Å².